The molecule has 1 unspecified atom stereocenters. The number of aromatic nitrogens is 4. The van der Waals surface area contributed by atoms with Crippen LogP contribution in [0.4, 0.5) is 5.95 Å². The summed E-state index contributed by atoms with van der Waals surface area (Å²) in [6, 6.07) is 7.24. The molecule has 140 valence electrons. The first kappa shape index (κ1) is 17.4. The van der Waals surface area contributed by atoms with Gasteiger partial charge in [-0.1, -0.05) is 0 Å². The molecule has 0 aliphatic carbocycles. The highest BCUT2D eigenvalue weighted by Gasteiger charge is 2.39. The van der Waals surface area contributed by atoms with Crippen LogP contribution < -0.4 is 4.90 Å². The van der Waals surface area contributed by atoms with Gasteiger partial charge in [0, 0.05) is 38.6 Å². The lowest BCUT2D eigenvalue weighted by Crippen LogP contribution is -2.46. The molecule has 1 atom stereocenters. The number of fused-ring (bicyclic) bond motifs is 1. The van der Waals surface area contributed by atoms with Gasteiger partial charge in [0.05, 0.1) is 30.5 Å². The molecule has 1 amide bonds. The van der Waals surface area contributed by atoms with Crippen LogP contribution in [0.15, 0.2) is 43.0 Å². The van der Waals surface area contributed by atoms with E-state index >= 15 is 0 Å². The molecule has 27 heavy (non-hydrogen) atoms. The molecule has 0 bridgehead atoms. The smallest absolute Gasteiger partial charge is 0.253 e. The lowest BCUT2D eigenvalue weighted by molar-refractivity contribution is 0.0264. The van der Waals surface area contributed by atoms with E-state index < -0.39 is 5.60 Å². The molecule has 1 saturated heterocycles. The Hall–Kier alpha value is -3.00. The van der Waals surface area contributed by atoms with E-state index in [-0.39, 0.29) is 12.5 Å². The number of imidazole rings is 1. The molecular formula is C19H22N6O2. The van der Waals surface area contributed by atoms with Gasteiger partial charge >= 0.3 is 0 Å². The van der Waals surface area contributed by atoms with Crippen LogP contribution in [0.2, 0.25) is 0 Å². The fraction of sp³-hybridized carbons (Fsp3) is 0.368. The summed E-state index contributed by atoms with van der Waals surface area (Å²) in [7, 11) is 3.63. The summed E-state index contributed by atoms with van der Waals surface area (Å²) in [6.07, 6.45) is 5.65. The quantitative estimate of drug-likeness (QED) is 0.743. The van der Waals surface area contributed by atoms with Crippen LogP contribution in [-0.2, 0) is 7.05 Å². The van der Waals surface area contributed by atoms with Crippen molar-refractivity contribution in [3.05, 3.63) is 48.5 Å². The van der Waals surface area contributed by atoms with Gasteiger partial charge in [-0.25, -0.2) is 15.0 Å². The second-order valence-corrected chi connectivity index (χ2v) is 7.16. The summed E-state index contributed by atoms with van der Waals surface area (Å²) in [5.41, 5.74) is 1.33. The molecule has 8 nitrogen and oxygen atoms in total. The number of benzene rings is 1. The molecule has 1 fully saturated rings. The van der Waals surface area contributed by atoms with Gasteiger partial charge < -0.3 is 19.5 Å². The fourth-order valence-electron chi connectivity index (χ4n) is 3.61. The van der Waals surface area contributed by atoms with Crippen LogP contribution in [0.1, 0.15) is 16.8 Å². The van der Waals surface area contributed by atoms with Crippen LogP contribution in [0.3, 0.4) is 0 Å². The van der Waals surface area contributed by atoms with Gasteiger partial charge in [-0.3, -0.25) is 4.79 Å². The zero-order valence-electron chi connectivity index (χ0n) is 15.4. The van der Waals surface area contributed by atoms with Gasteiger partial charge in [0.1, 0.15) is 5.60 Å². The van der Waals surface area contributed by atoms with E-state index in [1.54, 1.807) is 48.9 Å². The lowest BCUT2D eigenvalue weighted by Gasteiger charge is -2.29. The maximum absolute atomic E-state index is 12.8. The number of carbonyl (C=O) groups is 1. The van der Waals surface area contributed by atoms with Gasteiger partial charge in [0.2, 0.25) is 5.95 Å². The van der Waals surface area contributed by atoms with Crippen molar-refractivity contribution in [1.82, 2.24) is 24.4 Å². The predicted molar refractivity (Wildman–Crippen MR) is 101 cm³/mol. The van der Waals surface area contributed by atoms with Crippen LogP contribution in [0.25, 0.3) is 11.0 Å². The third-order valence-electron chi connectivity index (χ3n) is 5.02. The number of β-amino-alcohol motifs (C(OH)–C–C–N with tert-alkyl or cyclic N) is 1. The minimum atomic E-state index is -0.987. The van der Waals surface area contributed by atoms with Gasteiger partial charge in [-0.05, 0) is 30.7 Å². The number of likely N-dealkylation sites (N-methyl/N-ethyl adjacent to an activating group) is 1. The standard InChI is InChI=1S/C19H22N6O2/c1-23(17(26)14-4-5-16-15(10-14)22-13-24(16)2)11-19(27)6-9-25(12-19)18-20-7-3-8-21-18/h3-5,7-8,10,13,27H,6,9,11-12H2,1-2H3. The van der Waals surface area contributed by atoms with Gasteiger partial charge in [-0.15, -0.1) is 0 Å². The highest BCUT2D eigenvalue weighted by Crippen LogP contribution is 2.25. The number of aliphatic hydroxyl groups is 1. The Labute approximate surface area is 157 Å². The van der Waals surface area contributed by atoms with E-state index in [0.29, 0.717) is 31.0 Å². The molecule has 3 heterocycles. The van der Waals surface area contributed by atoms with Crippen molar-refractivity contribution in [3.63, 3.8) is 0 Å². The maximum atomic E-state index is 12.8. The number of carbonyl (C=O) groups excluding carboxylic acids is 1. The van der Waals surface area contributed by atoms with Crippen molar-refractivity contribution >= 4 is 22.9 Å². The third kappa shape index (κ3) is 3.35. The second kappa shape index (κ2) is 6.62. The van der Waals surface area contributed by atoms with E-state index in [2.05, 4.69) is 15.0 Å². The zero-order valence-corrected chi connectivity index (χ0v) is 15.4. The van der Waals surface area contributed by atoms with Crippen LogP contribution in [0, 0.1) is 0 Å². The van der Waals surface area contributed by atoms with Crippen LogP contribution in [-0.4, -0.2) is 67.7 Å². The number of amides is 1. The Kier molecular flexibility index (Phi) is 4.27. The molecule has 4 rings (SSSR count). The highest BCUT2D eigenvalue weighted by molar-refractivity contribution is 5.97. The van der Waals surface area contributed by atoms with E-state index in [9.17, 15) is 9.90 Å². The summed E-state index contributed by atoms with van der Waals surface area (Å²) < 4.78 is 1.91. The van der Waals surface area contributed by atoms with Gasteiger partial charge in [0.25, 0.3) is 5.91 Å². The molecule has 1 aliphatic rings. The first-order chi connectivity index (χ1) is 13.0. The molecule has 0 saturated carbocycles. The third-order valence-corrected chi connectivity index (χ3v) is 5.02. The molecule has 1 N–H and O–H groups in total. The van der Waals surface area contributed by atoms with Gasteiger partial charge in [0.15, 0.2) is 0 Å². The number of hydrogen-bond acceptors (Lipinski definition) is 6. The van der Waals surface area contributed by atoms with Crippen molar-refractivity contribution in [1.29, 1.82) is 0 Å². The summed E-state index contributed by atoms with van der Waals surface area (Å²) in [4.78, 5) is 29.1. The van der Waals surface area contributed by atoms with Crippen molar-refractivity contribution < 1.29 is 9.90 Å². The maximum Gasteiger partial charge on any atom is 0.253 e. The predicted octanol–water partition coefficient (Wildman–Crippen LogP) is 1.08. The van der Waals surface area contributed by atoms with E-state index in [1.165, 1.54) is 0 Å². The Morgan fingerprint density at radius 3 is 2.85 bits per heavy atom. The van der Waals surface area contributed by atoms with Crippen LogP contribution >= 0.6 is 0 Å². The van der Waals surface area contributed by atoms with Crippen molar-refractivity contribution in [2.45, 2.75) is 12.0 Å². The van der Waals surface area contributed by atoms with E-state index in [0.717, 1.165) is 11.0 Å². The second-order valence-electron chi connectivity index (χ2n) is 7.16. The number of anilines is 1. The first-order valence-electron chi connectivity index (χ1n) is 8.86. The zero-order chi connectivity index (χ0) is 19.0. The van der Waals surface area contributed by atoms with Crippen molar-refractivity contribution in [3.8, 4) is 0 Å². The first-order valence-corrected chi connectivity index (χ1v) is 8.86. The minimum Gasteiger partial charge on any atom is -0.386 e. The number of hydrogen-bond donors (Lipinski definition) is 1. The largest absolute Gasteiger partial charge is 0.386 e. The molecule has 8 heteroatoms. The monoisotopic (exact) mass is 366 g/mol. The summed E-state index contributed by atoms with van der Waals surface area (Å²) in [5.74, 6) is 0.466. The Morgan fingerprint density at radius 2 is 2.07 bits per heavy atom. The average Bonchev–Trinajstić information content (AvgIpc) is 3.25. The highest BCUT2D eigenvalue weighted by atomic mass is 16.3. The van der Waals surface area contributed by atoms with Gasteiger partial charge in [-0.2, -0.15) is 0 Å². The molecule has 0 spiro atoms. The minimum absolute atomic E-state index is 0.134. The molecular weight excluding hydrogens is 344 g/mol. The Morgan fingerprint density at radius 1 is 1.30 bits per heavy atom. The molecule has 1 aromatic carbocycles. The number of nitrogens with zero attached hydrogens (tertiary/aromatic N) is 6. The molecule has 2 aromatic heterocycles. The SMILES string of the molecule is CN(CC1(O)CCN(c2ncccn2)C1)C(=O)c1ccc2c(c1)ncn2C. The summed E-state index contributed by atoms with van der Waals surface area (Å²) in [5, 5.41) is 11.0. The number of aryl methyl sites for hydroxylation is 1. The topological polar surface area (TPSA) is 87.4 Å². The molecule has 3 aromatic rings. The lowest BCUT2D eigenvalue weighted by atomic mass is 10.0. The fourth-order valence-corrected chi connectivity index (χ4v) is 3.61. The normalized spacial score (nSPS) is 19.6. The molecule has 0 radical (unpaired) electrons. The van der Waals surface area contributed by atoms with Crippen molar-refractivity contribution in [2.75, 3.05) is 31.6 Å². The van der Waals surface area contributed by atoms with Crippen molar-refractivity contribution in [2.24, 2.45) is 7.05 Å². The average molecular weight is 366 g/mol. The van der Waals surface area contributed by atoms with E-state index in [4.69, 9.17) is 0 Å². The number of rotatable bonds is 4. The molecule has 1 aliphatic heterocycles. The summed E-state index contributed by atoms with van der Waals surface area (Å²) in [6.45, 7) is 1.30. The van der Waals surface area contributed by atoms with E-state index in [1.807, 2.05) is 22.6 Å². The van der Waals surface area contributed by atoms with Crippen LogP contribution in [0.5, 0.6) is 0 Å². The Balaban J connectivity index is 1.46. The Bertz CT molecular complexity index is 973. The summed E-state index contributed by atoms with van der Waals surface area (Å²) >= 11 is 0.